The van der Waals surface area contributed by atoms with Crippen LogP contribution in [0.25, 0.3) is 11.1 Å². The van der Waals surface area contributed by atoms with Crippen molar-refractivity contribution in [1.82, 2.24) is 16.0 Å². The van der Waals surface area contributed by atoms with E-state index < -0.39 is 97.1 Å². The molecule has 2 aromatic rings. The van der Waals surface area contributed by atoms with Crippen LogP contribution in [0.3, 0.4) is 0 Å². The zero-order valence-electron chi connectivity index (χ0n) is 35.3. The Kier molecular flexibility index (Phi) is 16.6. The lowest BCUT2D eigenvalue weighted by Gasteiger charge is -2.43. The normalized spacial score (nSPS) is 20.7. The number of nitrogens with one attached hydrogen (secondary N) is 3. The van der Waals surface area contributed by atoms with Crippen LogP contribution in [0, 0.1) is 11.3 Å². The van der Waals surface area contributed by atoms with E-state index in [1.165, 1.54) is 0 Å². The highest BCUT2D eigenvalue weighted by Crippen LogP contribution is 2.44. The molecule has 60 heavy (non-hydrogen) atoms. The van der Waals surface area contributed by atoms with Gasteiger partial charge in [-0.25, -0.2) is 9.59 Å². The van der Waals surface area contributed by atoms with Gasteiger partial charge in [0, 0.05) is 26.7 Å². The molecular formula is C42H55N3O15. The van der Waals surface area contributed by atoms with Gasteiger partial charge in [-0.1, -0.05) is 83.1 Å². The van der Waals surface area contributed by atoms with Gasteiger partial charge in [-0.05, 0) is 33.6 Å². The third-order valence-electron chi connectivity index (χ3n) is 9.34. The van der Waals surface area contributed by atoms with Gasteiger partial charge in [0.2, 0.25) is 11.8 Å². The van der Waals surface area contributed by atoms with Crippen LogP contribution < -0.4 is 16.0 Å². The van der Waals surface area contributed by atoms with E-state index in [4.69, 9.17) is 37.9 Å². The van der Waals surface area contributed by atoms with Crippen molar-refractivity contribution in [1.29, 1.82) is 0 Å². The molecule has 4 rings (SSSR count). The van der Waals surface area contributed by atoms with E-state index in [0.717, 1.165) is 50.1 Å². The first-order valence-electron chi connectivity index (χ1n) is 19.4. The van der Waals surface area contributed by atoms with Crippen LogP contribution >= 0.6 is 0 Å². The van der Waals surface area contributed by atoms with Crippen molar-refractivity contribution in [3.8, 4) is 11.1 Å². The summed E-state index contributed by atoms with van der Waals surface area (Å²) >= 11 is 0. The summed E-state index contributed by atoms with van der Waals surface area (Å²) in [6, 6.07) is 12.9. The van der Waals surface area contributed by atoms with Crippen LogP contribution in [0.1, 0.15) is 72.4 Å². The minimum Gasteiger partial charge on any atom is -0.467 e. The molecule has 328 valence electrons. The fourth-order valence-electron chi connectivity index (χ4n) is 6.75. The van der Waals surface area contributed by atoms with Gasteiger partial charge in [-0.2, -0.15) is 0 Å². The zero-order chi connectivity index (χ0) is 44.3. The molecule has 1 saturated heterocycles. The summed E-state index contributed by atoms with van der Waals surface area (Å²) in [5, 5.41) is 7.78. The highest BCUT2D eigenvalue weighted by Gasteiger charge is 2.55. The second-order valence-corrected chi connectivity index (χ2v) is 15.9. The Bertz CT molecular complexity index is 1830. The van der Waals surface area contributed by atoms with Crippen LogP contribution in [0.2, 0.25) is 0 Å². The summed E-state index contributed by atoms with van der Waals surface area (Å²) < 4.78 is 43.9. The van der Waals surface area contributed by atoms with E-state index in [-0.39, 0.29) is 31.3 Å². The van der Waals surface area contributed by atoms with Crippen LogP contribution in [0.15, 0.2) is 48.5 Å². The maximum atomic E-state index is 13.9. The smallest absolute Gasteiger partial charge is 0.407 e. The zero-order valence-corrected chi connectivity index (χ0v) is 35.3. The van der Waals surface area contributed by atoms with E-state index in [1.807, 2.05) is 69.3 Å². The van der Waals surface area contributed by atoms with Gasteiger partial charge in [0.05, 0.1) is 20.3 Å². The second-order valence-electron chi connectivity index (χ2n) is 15.9. The van der Waals surface area contributed by atoms with Crippen LogP contribution in [0.5, 0.6) is 0 Å². The van der Waals surface area contributed by atoms with Crippen molar-refractivity contribution in [2.24, 2.45) is 11.3 Å². The monoisotopic (exact) mass is 841 g/mol. The molecule has 0 unspecified atom stereocenters. The first kappa shape index (κ1) is 47.1. The van der Waals surface area contributed by atoms with Crippen LogP contribution in [-0.2, 0) is 66.7 Å². The maximum Gasteiger partial charge on any atom is 0.407 e. The van der Waals surface area contributed by atoms with Crippen molar-refractivity contribution in [2.45, 2.75) is 104 Å². The van der Waals surface area contributed by atoms with Crippen molar-refractivity contribution in [3.05, 3.63) is 59.7 Å². The molecule has 0 aromatic heterocycles. The SMILES string of the molecule is COC(=O)[C@H]1O[C@@H](OC[C@H](NC(=O)[C@@H](NC(=O)OCC2c3ccccc3-c3ccccc32)C(C)C)C(=O)NCOCC(C)(C)C)[C@H](OC(C)=O)[C@@H](OC(C)=O)[C@@H]1OC(C)=O. The Morgan fingerprint density at radius 2 is 1.30 bits per heavy atom. The van der Waals surface area contributed by atoms with Gasteiger partial charge in [0.15, 0.2) is 30.7 Å². The maximum absolute atomic E-state index is 13.9. The summed E-state index contributed by atoms with van der Waals surface area (Å²) in [5.41, 5.74) is 3.85. The third kappa shape index (κ3) is 12.7. The van der Waals surface area contributed by atoms with Crippen molar-refractivity contribution in [2.75, 3.05) is 33.7 Å². The van der Waals surface area contributed by atoms with Gasteiger partial charge < -0.3 is 53.8 Å². The van der Waals surface area contributed by atoms with E-state index in [0.29, 0.717) is 0 Å². The van der Waals surface area contributed by atoms with Gasteiger partial charge >= 0.3 is 30.0 Å². The molecule has 1 aliphatic carbocycles. The van der Waals surface area contributed by atoms with E-state index in [1.54, 1.807) is 13.8 Å². The number of alkyl carbamates (subject to hydrolysis) is 1. The fourth-order valence-corrected chi connectivity index (χ4v) is 6.75. The number of benzene rings is 2. The Morgan fingerprint density at radius 3 is 1.83 bits per heavy atom. The number of amides is 3. The molecular weight excluding hydrogens is 786 g/mol. The van der Waals surface area contributed by atoms with E-state index in [9.17, 15) is 33.6 Å². The predicted molar refractivity (Wildman–Crippen MR) is 210 cm³/mol. The highest BCUT2D eigenvalue weighted by atomic mass is 16.7. The largest absolute Gasteiger partial charge is 0.467 e. The first-order chi connectivity index (χ1) is 28.3. The summed E-state index contributed by atoms with van der Waals surface area (Å²) in [7, 11) is 1.03. The highest BCUT2D eigenvalue weighted by molar-refractivity contribution is 5.91. The lowest BCUT2D eigenvalue weighted by atomic mass is 9.97. The molecule has 1 fully saturated rings. The topological polar surface area (TPSA) is 229 Å². The third-order valence-corrected chi connectivity index (χ3v) is 9.34. The Labute approximate surface area is 348 Å². The number of methoxy groups -OCH3 is 1. The molecule has 18 nitrogen and oxygen atoms in total. The number of rotatable bonds is 17. The number of esters is 4. The standard InChI is InChI=1S/C42H55N3O15/c1-22(2)32(45-41(52)56-18-30-28-16-12-10-14-26(28)27-15-11-13-17-29(27)30)38(50)44-31(37(49)43-21-54-20-42(6,7)8)19-55-40-36(59-25(5)48)34(58-24(4)47)33(57-23(3)46)35(60-40)39(51)53-9/h10-17,22,30-36,40H,18-21H2,1-9H3,(H,43,49)(H,44,50)(H,45,52)/t31-,32-,33-,34-,35-,36+,40+/m0/s1. The van der Waals surface area contributed by atoms with Crippen LogP contribution in [0.4, 0.5) is 4.79 Å². The minimum atomic E-state index is -1.77. The average molecular weight is 842 g/mol. The van der Waals surface area contributed by atoms with Gasteiger partial charge in [-0.15, -0.1) is 0 Å². The molecule has 0 spiro atoms. The Balaban J connectivity index is 1.55. The second kappa shape index (κ2) is 21.1. The molecule has 0 saturated carbocycles. The number of hydrogen-bond donors (Lipinski definition) is 3. The van der Waals surface area contributed by atoms with Gasteiger partial charge in [0.25, 0.3) is 0 Å². The predicted octanol–water partition coefficient (Wildman–Crippen LogP) is 2.88. The fraction of sp³-hybridized carbons (Fsp3) is 0.548. The summed E-state index contributed by atoms with van der Waals surface area (Å²) in [6.45, 7) is 11.6. The molecule has 7 atom stereocenters. The molecule has 1 aliphatic heterocycles. The number of hydrogen-bond acceptors (Lipinski definition) is 15. The first-order valence-corrected chi connectivity index (χ1v) is 19.4. The van der Waals surface area contributed by atoms with Crippen molar-refractivity contribution >= 4 is 41.8 Å². The summed E-state index contributed by atoms with van der Waals surface area (Å²) in [6.07, 6.45) is -9.37. The number of fused-ring (bicyclic) bond motifs is 3. The van der Waals surface area contributed by atoms with Crippen molar-refractivity contribution < 1.29 is 71.5 Å². The van der Waals surface area contributed by atoms with Gasteiger partial charge in [-0.3, -0.25) is 24.0 Å². The lowest BCUT2D eigenvalue weighted by Crippen LogP contribution is -2.64. The van der Waals surface area contributed by atoms with E-state index in [2.05, 4.69) is 16.0 Å². The lowest BCUT2D eigenvalue weighted by molar-refractivity contribution is -0.302. The van der Waals surface area contributed by atoms with E-state index >= 15 is 0 Å². The molecule has 2 aliphatic rings. The molecule has 0 bridgehead atoms. The van der Waals surface area contributed by atoms with Crippen LogP contribution in [-0.4, -0.2) is 118 Å². The number of carbonyl (C=O) groups excluding carboxylic acids is 7. The minimum absolute atomic E-state index is 0.0101. The summed E-state index contributed by atoms with van der Waals surface area (Å²) in [4.78, 5) is 90.4. The molecule has 18 heteroatoms. The molecule has 1 heterocycles. The Hall–Kier alpha value is -5.59. The molecule has 0 radical (unpaired) electrons. The molecule has 3 N–H and O–H groups in total. The quantitative estimate of drug-likeness (QED) is 0.0901. The number of carbonyl (C=O) groups is 7. The number of ether oxygens (including phenoxy) is 8. The summed E-state index contributed by atoms with van der Waals surface area (Å²) in [5.74, 6) is -6.09. The van der Waals surface area contributed by atoms with Crippen molar-refractivity contribution in [3.63, 3.8) is 0 Å². The molecule has 2 aromatic carbocycles. The Morgan fingerprint density at radius 1 is 0.750 bits per heavy atom. The molecule has 3 amide bonds. The average Bonchev–Trinajstić information content (AvgIpc) is 3.49. The van der Waals surface area contributed by atoms with Gasteiger partial charge in [0.1, 0.15) is 25.4 Å².